The maximum Gasteiger partial charge on any atom is 0.422 e. The molecule has 2 heterocycles. The first-order chi connectivity index (χ1) is 26.5. The number of fused-ring (bicyclic) bond motifs is 2. The number of aliphatic hydroxyl groups excluding tert-OH is 2. The predicted molar refractivity (Wildman–Crippen MR) is 194 cm³/mol. The Morgan fingerprint density at radius 3 is 2.02 bits per heavy atom. The van der Waals surface area contributed by atoms with E-state index >= 15 is 0 Å². The minimum atomic E-state index is -4.57. The van der Waals surface area contributed by atoms with Crippen LogP contribution < -0.4 is 25.8 Å². The van der Waals surface area contributed by atoms with Crippen molar-refractivity contribution in [1.29, 1.82) is 0 Å². The van der Waals surface area contributed by atoms with Crippen molar-refractivity contribution in [1.82, 2.24) is 19.6 Å². The Morgan fingerprint density at radius 1 is 0.786 bits per heavy atom. The van der Waals surface area contributed by atoms with Crippen LogP contribution in [-0.4, -0.2) is 87.6 Å². The van der Waals surface area contributed by atoms with Gasteiger partial charge in [0.2, 0.25) is 5.91 Å². The highest BCUT2D eigenvalue weighted by Crippen LogP contribution is 2.37. The molecule has 19 heteroatoms. The van der Waals surface area contributed by atoms with Crippen LogP contribution in [0.3, 0.4) is 0 Å². The lowest BCUT2D eigenvalue weighted by molar-refractivity contribution is -0.154. The molecule has 12 nitrogen and oxygen atoms in total. The van der Waals surface area contributed by atoms with Crippen LogP contribution in [-0.2, 0) is 18.4 Å². The van der Waals surface area contributed by atoms with Crippen molar-refractivity contribution in [2.45, 2.75) is 18.9 Å². The van der Waals surface area contributed by atoms with E-state index in [2.05, 4.69) is 10.2 Å². The number of amides is 1. The largest absolute Gasteiger partial charge is 0.483 e. The molecule has 298 valence electrons. The zero-order valence-electron chi connectivity index (χ0n) is 29.6. The molecule has 6 aromatic rings. The standard InChI is InChI=1S/C20H22F3N3O3.C17H14F4N4O2/c1-25-17-12-14(15-4-2-3-5-18(15)29-13-20(21,22)23)6-7-16(17)19(24-25)26(8-10-27)9-11-28;18-11-2-1-3-13(27-8-17(19,20)21)15(11)9-4-5-10-12(6-9)25(7-14(22)26)24-16(10)23/h2-7,12,27-28H,8-11,13H2,1H3;1-6H,7-8H2,(H2,22,26)(H2,23,24). The number of para-hydroxylation sites is 1. The maximum absolute atomic E-state index is 14.4. The molecule has 0 spiro atoms. The van der Waals surface area contributed by atoms with Gasteiger partial charge in [-0.1, -0.05) is 36.4 Å². The lowest BCUT2D eigenvalue weighted by Gasteiger charge is -2.20. The van der Waals surface area contributed by atoms with Crippen LogP contribution in [0.1, 0.15) is 0 Å². The second-order valence-electron chi connectivity index (χ2n) is 12.3. The number of carbonyl (C=O) groups excluding carboxylic acids is 1. The van der Waals surface area contributed by atoms with Crippen molar-refractivity contribution < 1.29 is 55.2 Å². The fourth-order valence-corrected chi connectivity index (χ4v) is 5.88. The number of nitrogen functional groups attached to an aromatic ring is 1. The lowest BCUT2D eigenvalue weighted by Crippen LogP contribution is -2.30. The normalized spacial score (nSPS) is 11.8. The summed E-state index contributed by atoms with van der Waals surface area (Å²) >= 11 is 0. The minimum Gasteiger partial charge on any atom is -0.483 e. The summed E-state index contributed by atoms with van der Waals surface area (Å²) < 4.78 is 102. The zero-order valence-corrected chi connectivity index (χ0v) is 29.6. The predicted octanol–water partition coefficient (Wildman–Crippen LogP) is 5.82. The Morgan fingerprint density at radius 2 is 1.38 bits per heavy atom. The van der Waals surface area contributed by atoms with E-state index in [9.17, 15) is 45.7 Å². The number of halogens is 7. The van der Waals surface area contributed by atoms with E-state index in [-0.39, 0.29) is 48.2 Å². The summed E-state index contributed by atoms with van der Waals surface area (Å²) in [5, 5.41) is 28.4. The highest BCUT2D eigenvalue weighted by Gasteiger charge is 2.30. The van der Waals surface area contributed by atoms with Crippen LogP contribution >= 0.6 is 0 Å². The number of anilines is 2. The molecular formula is C37H36F7N7O5. The Kier molecular flexibility index (Phi) is 12.6. The van der Waals surface area contributed by atoms with Gasteiger partial charge < -0.3 is 36.1 Å². The molecular weight excluding hydrogens is 755 g/mol. The topological polar surface area (TPSA) is 167 Å². The third-order valence-electron chi connectivity index (χ3n) is 8.20. The molecule has 0 saturated carbocycles. The Labute approximate surface area is 314 Å². The zero-order chi connectivity index (χ0) is 40.8. The number of carbonyl (C=O) groups is 1. The van der Waals surface area contributed by atoms with Gasteiger partial charge in [0.25, 0.3) is 0 Å². The van der Waals surface area contributed by atoms with Crippen LogP contribution in [0.25, 0.3) is 44.1 Å². The molecule has 4 aromatic carbocycles. The van der Waals surface area contributed by atoms with Gasteiger partial charge in [0.15, 0.2) is 24.8 Å². The van der Waals surface area contributed by atoms with Gasteiger partial charge in [-0.05, 0) is 53.6 Å². The number of aryl methyl sites for hydroxylation is 1. The van der Waals surface area contributed by atoms with Gasteiger partial charge in [-0.2, -0.15) is 36.5 Å². The van der Waals surface area contributed by atoms with Gasteiger partial charge in [-0.25, -0.2) is 4.39 Å². The average molecular weight is 792 g/mol. The number of alkyl halides is 6. The summed E-state index contributed by atoms with van der Waals surface area (Å²) in [5.41, 5.74) is 13.5. The van der Waals surface area contributed by atoms with Crippen molar-refractivity contribution in [3.05, 3.63) is 84.7 Å². The lowest BCUT2D eigenvalue weighted by atomic mass is 10.0. The molecule has 2 aromatic heterocycles. The number of primary amides is 1. The van der Waals surface area contributed by atoms with Crippen LogP contribution in [0.2, 0.25) is 0 Å². The molecule has 0 radical (unpaired) electrons. The number of aromatic nitrogens is 4. The quantitative estimate of drug-likeness (QED) is 0.105. The van der Waals surface area contributed by atoms with Gasteiger partial charge in [0, 0.05) is 36.5 Å². The number of benzene rings is 4. The van der Waals surface area contributed by atoms with Gasteiger partial charge in [0.05, 0.1) is 29.8 Å². The summed E-state index contributed by atoms with van der Waals surface area (Å²) in [5.74, 6) is -0.777. The fraction of sp³-hybridized carbons (Fsp3) is 0.270. The van der Waals surface area contributed by atoms with E-state index in [0.29, 0.717) is 40.9 Å². The number of aliphatic hydroxyl groups is 2. The third kappa shape index (κ3) is 9.96. The number of hydrogen-bond acceptors (Lipinski definition) is 9. The van der Waals surface area contributed by atoms with Crippen LogP contribution in [0.15, 0.2) is 78.9 Å². The van der Waals surface area contributed by atoms with Gasteiger partial charge in [-0.15, -0.1) is 0 Å². The van der Waals surface area contributed by atoms with Crippen molar-refractivity contribution in [2.24, 2.45) is 12.8 Å². The van der Waals surface area contributed by atoms with E-state index < -0.39 is 37.3 Å². The van der Waals surface area contributed by atoms with Crippen LogP contribution in [0.5, 0.6) is 11.5 Å². The summed E-state index contributed by atoms with van der Waals surface area (Å²) in [6.45, 7) is -2.70. The van der Waals surface area contributed by atoms with E-state index in [1.807, 2.05) is 12.1 Å². The van der Waals surface area contributed by atoms with Crippen LogP contribution in [0, 0.1) is 5.82 Å². The number of nitrogens with two attached hydrogens (primary N) is 2. The van der Waals surface area contributed by atoms with Crippen LogP contribution in [0.4, 0.5) is 42.4 Å². The summed E-state index contributed by atoms with van der Waals surface area (Å²) in [6.07, 6.45) is -8.99. The van der Waals surface area contributed by atoms with Crippen molar-refractivity contribution >= 4 is 39.3 Å². The van der Waals surface area contributed by atoms with E-state index in [1.54, 1.807) is 40.9 Å². The molecule has 0 aliphatic carbocycles. The van der Waals surface area contributed by atoms with Crippen molar-refractivity contribution in [3.63, 3.8) is 0 Å². The first kappa shape index (κ1) is 41.1. The number of nitrogens with zero attached hydrogens (tertiary/aromatic N) is 5. The minimum absolute atomic E-state index is 0.0833. The van der Waals surface area contributed by atoms with E-state index in [1.165, 1.54) is 41.1 Å². The smallest absolute Gasteiger partial charge is 0.422 e. The number of rotatable bonds is 13. The summed E-state index contributed by atoms with van der Waals surface area (Å²) in [6, 6.07) is 20.1. The molecule has 0 atom stereocenters. The second kappa shape index (κ2) is 17.2. The Hall–Kier alpha value is -6.08. The van der Waals surface area contributed by atoms with E-state index in [4.69, 9.17) is 20.9 Å². The molecule has 0 unspecified atom stereocenters. The molecule has 56 heavy (non-hydrogen) atoms. The van der Waals surface area contributed by atoms with Crippen molar-refractivity contribution in [2.75, 3.05) is 50.2 Å². The number of hydrogen-bond donors (Lipinski definition) is 4. The van der Waals surface area contributed by atoms with Crippen molar-refractivity contribution in [3.8, 4) is 33.8 Å². The maximum atomic E-state index is 14.4. The molecule has 6 N–H and O–H groups in total. The molecule has 0 aliphatic rings. The first-order valence-corrected chi connectivity index (χ1v) is 16.7. The summed E-state index contributed by atoms with van der Waals surface area (Å²) in [7, 11) is 1.76. The molecule has 0 aliphatic heterocycles. The third-order valence-corrected chi connectivity index (χ3v) is 8.20. The first-order valence-electron chi connectivity index (χ1n) is 16.7. The van der Waals surface area contributed by atoms with Gasteiger partial charge in [0.1, 0.15) is 23.9 Å². The molecule has 0 bridgehead atoms. The molecule has 0 fully saturated rings. The van der Waals surface area contributed by atoms with E-state index in [0.717, 1.165) is 17.0 Å². The van der Waals surface area contributed by atoms with Gasteiger partial charge >= 0.3 is 12.4 Å². The molecule has 0 saturated heterocycles. The number of ether oxygens (including phenoxy) is 2. The molecule has 6 rings (SSSR count). The Balaban J connectivity index is 0.000000215. The SMILES string of the molecule is Cn1nc(N(CCO)CCO)c2ccc(-c3ccccc3OCC(F)(F)F)cc21.NC(=O)Cn1nc(N)c2ccc(-c3c(F)cccc3OCC(F)(F)F)cc21. The fourth-order valence-electron chi connectivity index (χ4n) is 5.88. The molecule has 1 amide bonds. The highest BCUT2D eigenvalue weighted by atomic mass is 19.4. The Bertz CT molecular complexity index is 2300. The average Bonchev–Trinajstić information content (AvgIpc) is 3.63. The second-order valence-corrected chi connectivity index (χ2v) is 12.3. The summed E-state index contributed by atoms with van der Waals surface area (Å²) in [4.78, 5) is 13.0. The highest BCUT2D eigenvalue weighted by molar-refractivity contribution is 5.95. The monoisotopic (exact) mass is 791 g/mol. The van der Waals surface area contributed by atoms with Gasteiger partial charge in [-0.3, -0.25) is 14.2 Å².